The maximum absolute atomic E-state index is 13.5. The van der Waals surface area contributed by atoms with Crippen molar-refractivity contribution in [2.75, 3.05) is 11.8 Å². The van der Waals surface area contributed by atoms with Crippen molar-refractivity contribution in [3.63, 3.8) is 0 Å². The smallest absolute Gasteiger partial charge is 0.263 e. The number of ketones is 1. The lowest BCUT2D eigenvalue weighted by molar-refractivity contribution is -0.123. The molecule has 210 valence electrons. The number of Topliss-reactive ketones (excluding diaryl/α,β-unsaturated/α-hetero) is 1. The third-order valence-corrected chi connectivity index (χ3v) is 8.67. The van der Waals surface area contributed by atoms with Gasteiger partial charge in [-0.25, -0.2) is 22.8 Å². The number of sulfonamides is 1. The third-order valence-electron chi connectivity index (χ3n) is 6.82. The van der Waals surface area contributed by atoms with E-state index in [4.69, 9.17) is 16.3 Å². The van der Waals surface area contributed by atoms with E-state index in [1.807, 2.05) is 20.8 Å². The molecule has 0 amide bonds. The first-order valence-corrected chi connectivity index (χ1v) is 14.4. The number of carbonyl (C=O) groups excluding carboxylic acids is 1. The van der Waals surface area contributed by atoms with Crippen LogP contribution in [0.4, 0.5) is 10.1 Å². The number of aromatic nitrogens is 3. The molecule has 12 heteroatoms. The molecule has 2 aromatic heterocycles. The zero-order valence-electron chi connectivity index (χ0n) is 22.3. The summed E-state index contributed by atoms with van der Waals surface area (Å²) in [7, 11) is -2.88. The predicted octanol–water partition coefficient (Wildman–Crippen LogP) is 5.31. The Morgan fingerprint density at radius 3 is 2.55 bits per heavy atom. The Labute approximate surface area is 236 Å². The van der Waals surface area contributed by atoms with E-state index < -0.39 is 15.8 Å². The Kier molecular flexibility index (Phi) is 8.55. The second-order valence-corrected chi connectivity index (χ2v) is 11.5. The van der Waals surface area contributed by atoms with Gasteiger partial charge >= 0.3 is 0 Å². The minimum absolute atomic E-state index is 0.0000968. The van der Waals surface area contributed by atoms with Crippen LogP contribution in [0.2, 0.25) is 5.02 Å². The number of hydrogen-bond acceptors (Lipinski definition) is 7. The Balaban J connectivity index is 1.71. The highest BCUT2D eigenvalue weighted by atomic mass is 35.5. The minimum atomic E-state index is -4.22. The van der Waals surface area contributed by atoms with Gasteiger partial charge in [-0.3, -0.25) is 18.9 Å². The predicted molar refractivity (Wildman–Crippen MR) is 152 cm³/mol. The molecule has 0 aliphatic rings. The molecule has 2 heterocycles. The van der Waals surface area contributed by atoms with E-state index >= 15 is 0 Å². The van der Waals surface area contributed by atoms with Crippen molar-refractivity contribution in [2.24, 2.45) is 11.8 Å². The summed E-state index contributed by atoms with van der Waals surface area (Å²) in [6, 6.07) is 9.55. The lowest BCUT2D eigenvalue weighted by atomic mass is 9.90. The van der Waals surface area contributed by atoms with Gasteiger partial charge in [0.25, 0.3) is 15.6 Å². The van der Waals surface area contributed by atoms with Gasteiger partial charge in [-0.1, -0.05) is 38.4 Å². The Morgan fingerprint density at radius 1 is 1.12 bits per heavy atom. The van der Waals surface area contributed by atoms with Crippen LogP contribution in [0.25, 0.3) is 22.0 Å². The average molecular weight is 587 g/mol. The van der Waals surface area contributed by atoms with Crippen LogP contribution in [-0.2, 0) is 21.4 Å². The van der Waals surface area contributed by atoms with E-state index in [1.165, 1.54) is 30.3 Å². The molecule has 40 heavy (non-hydrogen) atoms. The number of rotatable bonds is 10. The molecule has 0 bridgehead atoms. The largest absolute Gasteiger partial charge is 0.480 e. The highest BCUT2D eigenvalue weighted by Crippen LogP contribution is 2.32. The molecule has 4 aromatic rings. The van der Waals surface area contributed by atoms with E-state index in [1.54, 1.807) is 18.2 Å². The summed E-state index contributed by atoms with van der Waals surface area (Å²) in [6.07, 6.45) is 3.40. The molecule has 1 N–H and O–H groups in total. The first kappa shape index (κ1) is 29.2. The standard InChI is InChI=1S/C28H28ClFN4O5S/c1-5-25(35)17(3)16(2)14-34-15-32-23-8-6-18(10-21(23)28(34)36)19-11-24(27(39-4)31-13-19)33-40(37,38)26-9-7-20(30)12-22(26)29/h6-13,15-17,33H,5,14H2,1-4H3/t16-,17+/m0/s1. The van der Waals surface area contributed by atoms with Gasteiger partial charge < -0.3 is 4.74 Å². The van der Waals surface area contributed by atoms with Crippen molar-refractivity contribution in [2.45, 2.75) is 38.6 Å². The number of benzene rings is 2. The van der Waals surface area contributed by atoms with Gasteiger partial charge in [0.2, 0.25) is 5.88 Å². The average Bonchev–Trinajstić information content (AvgIpc) is 2.93. The molecule has 9 nitrogen and oxygen atoms in total. The number of fused-ring (bicyclic) bond motifs is 1. The fourth-order valence-electron chi connectivity index (χ4n) is 4.32. The number of pyridine rings is 1. The number of carbonyl (C=O) groups is 1. The van der Waals surface area contributed by atoms with Crippen molar-refractivity contribution in [3.05, 3.63) is 76.2 Å². The molecule has 0 aliphatic carbocycles. The monoisotopic (exact) mass is 586 g/mol. The van der Waals surface area contributed by atoms with Crippen molar-refractivity contribution in [3.8, 4) is 17.0 Å². The number of anilines is 1. The minimum Gasteiger partial charge on any atom is -0.480 e. The number of nitrogens with zero attached hydrogens (tertiary/aromatic N) is 3. The fraction of sp³-hybridized carbons (Fsp3) is 0.286. The Morgan fingerprint density at radius 2 is 1.88 bits per heavy atom. The maximum atomic E-state index is 13.5. The number of methoxy groups -OCH3 is 1. The van der Waals surface area contributed by atoms with Crippen LogP contribution < -0.4 is 15.0 Å². The Bertz CT molecular complexity index is 1760. The van der Waals surface area contributed by atoms with Crippen LogP contribution in [-0.4, -0.2) is 35.8 Å². The number of hydrogen-bond donors (Lipinski definition) is 1. The second kappa shape index (κ2) is 11.7. The molecular weight excluding hydrogens is 559 g/mol. The number of nitrogens with one attached hydrogen (secondary N) is 1. The van der Waals surface area contributed by atoms with Crippen LogP contribution in [0.15, 0.2) is 64.7 Å². The van der Waals surface area contributed by atoms with E-state index in [0.717, 1.165) is 18.2 Å². The van der Waals surface area contributed by atoms with Gasteiger partial charge in [-0.05, 0) is 47.9 Å². The summed E-state index contributed by atoms with van der Waals surface area (Å²) in [5.74, 6) is -0.801. The summed E-state index contributed by atoms with van der Waals surface area (Å²) >= 11 is 5.98. The van der Waals surface area contributed by atoms with Crippen molar-refractivity contribution in [1.29, 1.82) is 0 Å². The molecule has 4 rings (SSSR count). The molecular formula is C28H28ClFN4O5S. The quantitative estimate of drug-likeness (QED) is 0.267. The van der Waals surface area contributed by atoms with Gasteiger partial charge in [0.15, 0.2) is 0 Å². The van der Waals surface area contributed by atoms with Crippen molar-refractivity contribution in [1.82, 2.24) is 14.5 Å². The maximum Gasteiger partial charge on any atom is 0.263 e. The van der Waals surface area contributed by atoms with Crippen LogP contribution in [0.3, 0.4) is 0 Å². The van der Waals surface area contributed by atoms with Crippen LogP contribution in [0.1, 0.15) is 27.2 Å². The SMILES string of the molecule is CCC(=O)[C@H](C)[C@@H](C)Cn1cnc2ccc(-c3cnc(OC)c(NS(=O)(=O)c4ccc(F)cc4Cl)c3)cc2c1=O. The molecule has 0 unspecified atom stereocenters. The van der Waals surface area contributed by atoms with E-state index in [0.29, 0.717) is 35.0 Å². The van der Waals surface area contributed by atoms with Gasteiger partial charge in [-0.2, -0.15) is 0 Å². The van der Waals surface area contributed by atoms with Crippen LogP contribution >= 0.6 is 11.6 Å². The highest BCUT2D eigenvalue weighted by Gasteiger charge is 2.22. The summed E-state index contributed by atoms with van der Waals surface area (Å²) in [5.41, 5.74) is 1.33. The van der Waals surface area contributed by atoms with Crippen LogP contribution in [0, 0.1) is 17.7 Å². The highest BCUT2D eigenvalue weighted by molar-refractivity contribution is 7.92. The first-order chi connectivity index (χ1) is 18.9. The summed E-state index contributed by atoms with van der Waals surface area (Å²) < 4.78 is 48.6. The summed E-state index contributed by atoms with van der Waals surface area (Å²) in [6.45, 7) is 5.94. The molecule has 0 radical (unpaired) electrons. The molecule has 0 aliphatic heterocycles. The van der Waals surface area contributed by atoms with E-state index in [9.17, 15) is 22.4 Å². The van der Waals surface area contributed by atoms with Gasteiger partial charge in [0.1, 0.15) is 22.2 Å². The lowest BCUT2D eigenvalue weighted by Crippen LogP contribution is -2.28. The number of ether oxygens (including phenoxy) is 1. The van der Waals surface area contributed by atoms with Gasteiger partial charge in [0.05, 0.1) is 29.4 Å². The van der Waals surface area contributed by atoms with Crippen molar-refractivity contribution >= 4 is 44.0 Å². The molecule has 0 fully saturated rings. The molecule has 0 spiro atoms. The topological polar surface area (TPSA) is 120 Å². The summed E-state index contributed by atoms with van der Waals surface area (Å²) in [5, 5.41) is 0.0781. The van der Waals surface area contributed by atoms with Gasteiger partial charge in [-0.15, -0.1) is 0 Å². The number of halogens is 2. The normalized spacial score (nSPS) is 13.2. The zero-order valence-corrected chi connectivity index (χ0v) is 23.9. The van der Waals surface area contributed by atoms with Crippen LogP contribution in [0.5, 0.6) is 5.88 Å². The molecule has 2 atom stereocenters. The lowest BCUT2D eigenvalue weighted by Gasteiger charge is -2.19. The fourth-order valence-corrected chi connectivity index (χ4v) is 5.90. The first-order valence-electron chi connectivity index (χ1n) is 12.5. The molecule has 0 saturated carbocycles. The summed E-state index contributed by atoms with van der Waals surface area (Å²) in [4.78, 5) is 33.8. The van der Waals surface area contributed by atoms with E-state index in [2.05, 4.69) is 14.7 Å². The second-order valence-electron chi connectivity index (χ2n) is 9.48. The molecule has 0 saturated heterocycles. The zero-order chi connectivity index (χ0) is 29.2. The van der Waals surface area contributed by atoms with E-state index in [-0.39, 0.29) is 44.7 Å². The third kappa shape index (κ3) is 6.00. The molecule has 2 aromatic carbocycles. The van der Waals surface area contributed by atoms with Crippen molar-refractivity contribution < 1.29 is 22.3 Å². The van der Waals surface area contributed by atoms with Gasteiger partial charge in [0, 0.05) is 30.6 Å². The Hall–Kier alpha value is -3.83.